The van der Waals surface area contributed by atoms with E-state index in [9.17, 15) is 0 Å². The molecule has 0 N–H and O–H groups in total. The van der Waals surface area contributed by atoms with Gasteiger partial charge in [-0.05, 0) is 273 Å². The average molecular weight is 655 g/mol. The average Bonchev–Trinajstić information content (AvgIpc) is 3.28. The Labute approximate surface area is 299 Å². The molecular formula is C49H44B2. The van der Waals surface area contributed by atoms with Crippen LogP contribution >= 0.6 is 0 Å². The highest BCUT2D eigenvalue weighted by molar-refractivity contribution is 6.09. The molecule has 0 aliphatic heterocycles. The topological polar surface area (TPSA) is 0 Å². The normalized spacial score (nSPS) is 118. The van der Waals surface area contributed by atoms with Gasteiger partial charge in [-0.15, -0.1) is 0 Å². The van der Waals surface area contributed by atoms with Gasteiger partial charge in [-0.25, -0.2) is 0 Å². The monoisotopic (exact) mass is 654 g/mol. The van der Waals surface area contributed by atoms with E-state index in [0.29, 0.717) is 0 Å². The highest BCUT2D eigenvalue weighted by Gasteiger charge is 3.55. The van der Waals surface area contributed by atoms with Crippen LogP contribution in [0.2, 0.25) is 12.6 Å². The van der Waals surface area contributed by atoms with E-state index in [1.807, 2.05) is 6.42 Å². The molecule has 0 aromatic heterocycles. The molecule has 2 heteroatoms. The summed E-state index contributed by atoms with van der Waals surface area (Å²) in [5.41, 5.74) is 17.9. The van der Waals surface area contributed by atoms with E-state index < -0.39 is 0 Å². The van der Waals surface area contributed by atoms with Gasteiger partial charge in [0.05, 0.1) is 0 Å². The summed E-state index contributed by atoms with van der Waals surface area (Å²) >= 11 is 0. The van der Waals surface area contributed by atoms with Gasteiger partial charge < -0.3 is 0 Å². The van der Waals surface area contributed by atoms with Crippen LogP contribution in [-0.2, 0) is 0 Å². The van der Waals surface area contributed by atoms with Crippen LogP contribution in [0.1, 0.15) is 38.5 Å². The summed E-state index contributed by atoms with van der Waals surface area (Å²) in [6, 6.07) is 0. The fourth-order valence-electron chi connectivity index (χ4n) is 46.4. The van der Waals surface area contributed by atoms with Crippen LogP contribution in [-0.4, -0.2) is 15.7 Å². The van der Waals surface area contributed by atoms with Crippen molar-refractivity contribution in [3.05, 3.63) is 0 Å². The fourth-order valence-corrected chi connectivity index (χ4v) is 46.4. The SMILES string of the molecule is BCC1CC2CC3CC4C5C6C7C8C9C%10C%11C%12CC%13C%14CC%15C%16C%17C%18C%19C%20C%21C1C1%22C2C34CC(CB)C51C61C%21%22C%202C71C81C93C%104C%115C%13%12C%14%15C%165C%174C%183C%1921. The third kappa shape index (κ3) is 0.608. The van der Waals surface area contributed by atoms with Crippen molar-refractivity contribution in [2.45, 2.75) is 51.2 Å². The zero-order valence-corrected chi connectivity index (χ0v) is 30.0. The Morgan fingerprint density at radius 1 is 0.373 bits per heavy atom. The van der Waals surface area contributed by atoms with E-state index >= 15 is 0 Å². The quantitative estimate of drug-likeness (QED) is 0.388. The van der Waals surface area contributed by atoms with Crippen molar-refractivity contribution in [2.24, 2.45) is 234 Å². The van der Waals surface area contributed by atoms with Crippen LogP contribution in [0, 0.1) is 234 Å². The van der Waals surface area contributed by atoms with Crippen molar-refractivity contribution in [1.82, 2.24) is 0 Å². The van der Waals surface area contributed by atoms with Gasteiger partial charge in [0, 0.05) is 0 Å². The Morgan fingerprint density at radius 2 is 0.863 bits per heavy atom. The molecule has 30 fully saturated rings. The second-order valence-corrected chi connectivity index (χ2v) is 30.3. The molecule has 0 amide bonds. The fraction of sp³-hybridized carbons (Fsp3) is 1.00. The van der Waals surface area contributed by atoms with Gasteiger partial charge in [-0.3, -0.25) is 0 Å². The molecule has 41 atom stereocenters. The molecule has 30 saturated carbocycles. The largest absolute Gasteiger partial charge is 0.101 e. The van der Waals surface area contributed by atoms with Gasteiger partial charge in [0.1, 0.15) is 15.7 Å². The molecule has 0 aromatic rings. The summed E-state index contributed by atoms with van der Waals surface area (Å²) in [5, 5.41) is 0. The minimum atomic E-state index is 0.918. The van der Waals surface area contributed by atoms with Crippen molar-refractivity contribution < 1.29 is 0 Å². The van der Waals surface area contributed by atoms with Crippen LogP contribution in [0.15, 0.2) is 0 Å². The van der Waals surface area contributed by atoms with Crippen molar-refractivity contribution >= 4 is 15.7 Å². The molecule has 246 valence electrons. The highest BCUT2D eigenvalue weighted by Crippen LogP contribution is 3.56. The van der Waals surface area contributed by atoms with Gasteiger partial charge in [-0.1, -0.05) is 12.6 Å². The first-order valence-electron chi connectivity index (χ1n) is 25.2. The maximum Gasteiger partial charge on any atom is 0.101 e. The summed E-state index contributed by atoms with van der Waals surface area (Å²) in [7, 11) is 5.57. The van der Waals surface area contributed by atoms with Crippen molar-refractivity contribution in [3.8, 4) is 0 Å². The van der Waals surface area contributed by atoms with E-state index in [4.69, 9.17) is 0 Å². The smallest absolute Gasteiger partial charge is 0.0780 e. The van der Waals surface area contributed by atoms with E-state index in [1.165, 1.54) is 142 Å². The molecule has 30 aliphatic rings. The van der Waals surface area contributed by atoms with Crippen LogP contribution in [0.4, 0.5) is 0 Å². The van der Waals surface area contributed by atoms with Crippen molar-refractivity contribution in [3.63, 3.8) is 0 Å². The lowest BCUT2D eigenvalue weighted by Gasteiger charge is -3.54. The Hall–Kier alpha value is 0.130. The molecule has 0 nitrogen and oxygen atoms in total. The maximum atomic E-state index is 2.81. The lowest BCUT2D eigenvalue weighted by atomic mass is 8.48. The lowest BCUT2D eigenvalue weighted by molar-refractivity contribution is -1.10. The minimum absolute atomic E-state index is 0.918. The third-order valence-electron chi connectivity index (χ3n) is 38.3. The molecule has 0 radical (unpaired) electrons. The molecule has 0 heterocycles. The standard InChI is InChI=1S/C49H44B2/c50-7-10-1-9-2-11-3-15-19-23-27-31-29-25-21-17-5-13-14-4-16-20-24-28-30-26-22-18(10)37-32(9)33(11,15)6-12(8-51)34(19,37)40(23)41(22,37)45(26)44(27,40)48(31)46(29)42(25)38(21)35(13,17)36(14,16)39(20,38)43(24,42)47(28,46)49(30,45)48/h9-32H,1-8,50-51H2. The lowest BCUT2D eigenvalue weighted by Crippen LogP contribution is -3.53. The summed E-state index contributed by atoms with van der Waals surface area (Å²) in [6.45, 7) is 0. The number of fused-ring (bicyclic) bond motifs is 15. The van der Waals surface area contributed by atoms with Crippen LogP contribution in [0.5, 0.6) is 0 Å². The highest BCUT2D eigenvalue weighted by atomic mass is 15.6. The number of rotatable bonds is 2. The van der Waals surface area contributed by atoms with E-state index in [1.54, 1.807) is 44.7 Å². The van der Waals surface area contributed by atoms with Crippen LogP contribution in [0.3, 0.4) is 0 Å². The zero-order chi connectivity index (χ0) is 30.0. The van der Waals surface area contributed by atoms with Gasteiger partial charge in [-0.2, -0.15) is 0 Å². The molecule has 30 aliphatic carbocycles. The molecule has 30 rings (SSSR count). The summed E-state index contributed by atoms with van der Waals surface area (Å²) in [6.07, 6.45) is 14.0. The minimum Gasteiger partial charge on any atom is -0.0780 e. The Kier molecular flexibility index (Phi) is 1.47. The molecule has 51 heavy (non-hydrogen) atoms. The first kappa shape index (κ1) is 20.5. The van der Waals surface area contributed by atoms with Gasteiger partial charge in [0.2, 0.25) is 0 Å². The van der Waals surface area contributed by atoms with E-state index in [0.717, 1.165) is 92.1 Å². The van der Waals surface area contributed by atoms with Gasteiger partial charge in [0.15, 0.2) is 0 Å². The Morgan fingerprint density at radius 3 is 1.43 bits per heavy atom. The second-order valence-electron chi connectivity index (χ2n) is 30.3. The molecule has 41 unspecified atom stereocenters. The zero-order valence-electron chi connectivity index (χ0n) is 30.0. The third-order valence-corrected chi connectivity index (χ3v) is 38.3. The first-order valence-corrected chi connectivity index (χ1v) is 25.2. The summed E-state index contributed by atoms with van der Waals surface area (Å²) < 4.78 is 0. The first-order chi connectivity index (χ1) is 25.2. The summed E-state index contributed by atoms with van der Waals surface area (Å²) in [4.78, 5) is 0. The predicted octanol–water partition coefficient (Wildman–Crippen LogP) is 4.38. The van der Waals surface area contributed by atoms with Gasteiger partial charge in [0.25, 0.3) is 0 Å². The van der Waals surface area contributed by atoms with Crippen LogP contribution in [0.25, 0.3) is 0 Å². The van der Waals surface area contributed by atoms with E-state index in [2.05, 4.69) is 15.7 Å². The Bertz CT molecular complexity index is 2750. The van der Waals surface area contributed by atoms with Gasteiger partial charge >= 0.3 is 0 Å². The molecule has 2 bridgehead atoms. The molecule has 0 aromatic carbocycles. The van der Waals surface area contributed by atoms with Crippen molar-refractivity contribution in [1.29, 1.82) is 0 Å². The molecule has 17 spiro atoms. The number of hydrogen-bond donors (Lipinski definition) is 0. The van der Waals surface area contributed by atoms with E-state index in [-0.39, 0.29) is 0 Å². The second kappa shape index (κ2) is 3.65. The molecule has 0 saturated heterocycles. The molecular weight excluding hydrogens is 610 g/mol. The Balaban J connectivity index is 0.811. The summed E-state index contributed by atoms with van der Waals surface area (Å²) in [5.74, 6) is 31.8. The predicted molar refractivity (Wildman–Crippen MR) is 180 cm³/mol. The van der Waals surface area contributed by atoms with Crippen molar-refractivity contribution in [2.75, 3.05) is 0 Å². The maximum absolute atomic E-state index is 2.81. The number of hydrogen-bond acceptors (Lipinski definition) is 0. The van der Waals surface area contributed by atoms with Crippen LogP contribution < -0.4 is 0 Å².